The highest BCUT2D eigenvalue weighted by molar-refractivity contribution is 5.84. The van der Waals surface area contributed by atoms with Gasteiger partial charge >= 0.3 is 0 Å². The average Bonchev–Trinajstić information content (AvgIpc) is 2.54. The summed E-state index contributed by atoms with van der Waals surface area (Å²) in [6.07, 6.45) is 6.86. The first-order chi connectivity index (χ1) is 7.09. The van der Waals surface area contributed by atoms with Crippen LogP contribution in [0.2, 0.25) is 0 Å². The van der Waals surface area contributed by atoms with Gasteiger partial charge in [0, 0.05) is 12.3 Å². The molecule has 0 unspecified atom stereocenters. The fourth-order valence-electron chi connectivity index (χ4n) is 3.55. The van der Waals surface area contributed by atoms with E-state index >= 15 is 0 Å². The van der Waals surface area contributed by atoms with Crippen molar-refractivity contribution in [2.75, 3.05) is 0 Å². The molecular weight excluding hydrogens is 184 g/mol. The van der Waals surface area contributed by atoms with Gasteiger partial charge in [-0.15, -0.1) is 0 Å². The lowest BCUT2D eigenvalue weighted by Gasteiger charge is -2.36. The van der Waals surface area contributed by atoms with E-state index in [1.807, 2.05) is 0 Å². The summed E-state index contributed by atoms with van der Waals surface area (Å²) in [6.45, 7) is 6.62. The Hall–Kier alpha value is -0.590. The van der Waals surface area contributed by atoms with E-state index in [0.29, 0.717) is 23.5 Å². The monoisotopic (exact) mass is 206 g/mol. The maximum absolute atomic E-state index is 11.9. The van der Waals surface area contributed by atoms with E-state index in [0.717, 1.165) is 18.8 Å². The van der Waals surface area contributed by atoms with Crippen molar-refractivity contribution in [2.45, 2.75) is 46.5 Å². The molecule has 0 spiro atoms. The lowest BCUT2D eigenvalue weighted by atomic mass is 9.68. The molecule has 84 valence electrons. The summed E-state index contributed by atoms with van der Waals surface area (Å²) in [5, 5.41) is 0. The van der Waals surface area contributed by atoms with Gasteiger partial charge in [0.1, 0.15) is 5.78 Å². The molecule has 0 N–H and O–H groups in total. The maximum Gasteiger partial charge on any atom is 0.136 e. The van der Waals surface area contributed by atoms with Gasteiger partial charge in [-0.05, 0) is 50.9 Å². The number of fused-ring (bicyclic) bond motifs is 1. The van der Waals surface area contributed by atoms with Crippen LogP contribution in [0.3, 0.4) is 0 Å². The average molecular weight is 206 g/mol. The molecule has 0 aromatic carbocycles. The predicted octanol–water partition coefficient (Wildman–Crippen LogP) is 3.59. The number of ketones is 1. The van der Waals surface area contributed by atoms with Crippen molar-refractivity contribution in [1.29, 1.82) is 0 Å². The molecule has 0 aromatic rings. The minimum atomic E-state index is 0.364. The number of carbonyl (C=O) groups excluding carboxylic acids is 1. The lowest BCUT2D eigenvalue weighted by Crippen LogP contribution is -2.32. The van der Waals surface area contributed by atoms with Crippen LogP contribution >= 0.6 is 0 Å². The molecule has 0 saturated heterocycles. The lowest BCUT2D eigenvalue weighted by molar-refractivity contribution is -0.123. The second-order valence-electron chi connectivity index (χ2n) is 5.66. The van der Waals surface area contributed by atoms with Crippen molar-refractivity contribution in [2.24, 2.45) is 23.7 Å². The summed E-state index contributed by atoms with van der Waals surface area (Å²) in [5.41, 5.74) is 1.37. The Morgan fingerprint density at radius 1 is 1.27 bits per heavy atom. The molecule has 2 rings (SSSR count). The van der Waals surface area contributed by atoms with Crippen LogP contribution in [-0.2, 0) is 4.79 Å². The van der Waals surface area contributed by atoms with Gasteiger partial charge < -0.3 is 0 Å². The van der Waals surface area contributed by atoms with Gasteiger partial charge in [0.05, 0.1) is 0 Å². The molecule has 0 bridgehead atoms. The second-order valence-corrected chi connectivity index (χ2v) is 5.66. The quantitative estimate of drug-likeness (QED) is 0.599. The third-order valence-corrected chi connectivity index (χ3v) is 4.25. The first-order valence-corrected chi connectivity index (χ1v) is 6.27. The third-order valence-electron chi connectivity index (χ3n) is 4.25. The zero-order chi connectivity index (χ0) is 11.0. The van der Waals surface area contributed by atoms with Crippen LogP contribution in [0.1, 0.15) is 46.5 Å². The molecule has 0 aliphatic heterocycles. The smallest absolute Gasteiger partial charge is 0.136 e. The van der Waals surface area contributed by atoms with E-state index in [9.17, 15) is 4.79 Å². The Labute approximate surface area is 92.9 Å². The highest BCUT2D eigenvalue weighted by Gasteiger charge is 2.44. The van der Waals surface area contributed by atoms with Crippen molar-refractivity contribution in [3.05, 3.63) is 11.6 Å². The minimum absolute atomic E-state index is 0.364. The van der Waals surface area contributed by atoms with Crippen LogP contribution in [0.4, 0.5) is 0 Å². The molecule has 4 atom stereocenters. The maximum atomic E-state index is 11.9. The Morgan fingerprint density at radius 2 is 2.00 bits per heavy atom. The number of hydrogen-bond acceptors (Lipinski definition) is 1. The highest BCUT2D eigenvalue weighted by atomic mass is 16.1. The van der Waals surface area contributed by atoms with Gasteiger partial charge in [-0.25, -0.2) is 0 Å². The first-order valence-electron chi connectivity index (χ1n) is 6.27. The van der Waals surface area contributed by atoms with E-state index < -0.39 is 0 Å². The Morgan fingerprint density at radius 3 is 2.67 bits per heavy atom. The zero-order valence-corrected chi connectivity index (χ0v) is 10.1. The van der Waals surface area contributed by atoms with E-state index in [1.54, 1.807) is 0 Å². The molecule has 2 fully saturated rings. The van der Waals surface area contributed by atoms with Crippen LogP contribution in [0, 0.1) is 23.7 Å². The molecule has 0 radical (unpaired) electrons. The summed E-state index contributed by atoms with van der Waals surface area (Å²) in [5.74, 6) is 2.90. The van der Waals surface area contributed by atoms with Crippen LogP contribution in [0.5, 0.6) is 0 Å². The van der Waals surface area contributed by atoms with E-state index in [4.69, 9.17) is 0 Å². The Bertz CT molecular complexity index is 286. The summed E-state index contributed by atoms with van der Waals surface area (Å²) >= 11 is 0. The minimum Gasteiger partial charge on any atom is -0.299 e. The van der Waals surface area contributed by atoms with Gasteiger partial charge in [0.15, 0.2) is 0 Å². The van der Waals surface area contributed by atoms with Crippen molar-refractivity contribution < 1.29 is 4.79 Å². The summed E-state index contributed by atoms with van der Waals surface area (Å²) < 4.78 is 0. The molecule has 2 aliphatic rings. The topological polar surface area (TPSA) is 17.1 Å². The third kappa shape index (κ3) is 2.02. The van der Waals surface area contributed by atoms with E-state index in [2.05, 4.69) is 26.8 Å². The molecule has 2 aliphatic carbocycles. The first kappa shape index (κ1) is 10.9. The second kappa shape index (κ2) is 4.11. The van der Waals surface area contributed by atoms with Gasteiger partial charge in [0.25, 0.3) is 0 Å². The van der Waals surface area contributed by atoms with Crippen molar-refractivity contribution >= 4 is 5.78 Å². The largest absolute Gasteiger partial charge is 0.299 e. The summed E-state index contributed by atoms with van der Waals surface area (Å²) in [6, 6.07) is 0. The Balaban J connectivity index is 2.20. The van der Waals surface area contributed by atoms with Crippen LogP contribution in [0.25, 0.3) is 0 Å². The zero-order valence-electron chi connectivity index (χ0n) is 10.1. The predicted molar refractivity (Wildman–Crippen MR) is 62.5 cm³/mol. The number of rotatable bonds is 1. The van der Waals surface area contributed by atoms with Crippen LogP contribution in [-0.4, -0.2) is 5.78 Å². The van der Waals surface area contributed by atoms with Gasteiger partial charge in [-0.1, -0.05) is 18.6 Å². The molecule has 1 nitrogen and oxygen atoms in total. The van der Waals surface area contributed by atoms with Crippen molar-refractivity contribution in [3.8, 4) is 0 Å². The van der Waals surface area contributed by atoms with E-state index in [-0.39, 0.29) is 0 Å². The number of Topliss-reactive ketones (excluding diaryl/α,β-unsaturated/α-hetero) is 1. The standard InChI is InChI=1S/C14H22O/c1-9(2)8-11-5-4-10(3)12-6-7-13(15)14(11)12/h8,10-12,14H,4-7H2,1-3H3/t10-,11+,12-,14-/m1/s1. The van der Waals surface area contributed by atoms with Gasteiger partial charge in [0.2, 0.25) is 0 Å². The number of carbonyl (C=O) groups is 1. The van der Waals surface area contributed by atoms with Crippen LogP contribution < -0.4 is 0 Å². The Kier molecular flexibility index (Phi) is 2.99. The van der Waals surface area contributed by atoms with Gasteiger partial charge in [-0.3, -0.25) is 4.79 Å². The molecule has 1 heteroatoms. The molecular formula is C14H22O. The normalized spacial score (nSPS) is 40.1. The van der Waals surface area contributed by atoms with Crippen molar-refractivity contribution in [3.63, 3.8) is 0 Å². The summed E-state index contributed by atoms with van der Waals surface area (Å²) in [7, 11) is 0. The van der Waals surface area contributed by atoms with Crippen LogP contribution in [0.15, 0.2) is 11.6 Å². The van der Waals surface area contributed by atoms with Crippen molar-refractivity contribution in [1.82, 2.24) is 0 Å². The molecule has 0 heterocycles. The molecule has 0 amide bonds. The molecule has 15 heavy (non-hydrogen) atoms. The SMILES string of the molecule is CC(C)=C[C@@H]1CC[C@@H](C)[C@H]2CCC(=O)[C@@H]21. The fraction of sp³-hybridized carbons (Fsp3) is 0.786. The molecule has 2 saturated carbocycles. The summed E-state index contributed by atoms with van der Waals surface area (Å²) in [4.78, 5) is 11.9. The van der Waals surface area contributed by atoms with Gasteiger partial charge in [-0.2, -0.15) is 0 Å². The highest BCUT2D eigenvalue weighted by Crippen LogP contribution is 2.47. The fourth-order valence-corrected chi connectivity index (χ4v) is 3.55. The number of hydrogen-bond donors (Lipinski definition) is 0. The molecule has 0 aromatic heterocycles. The number of allylic oxidation sites excluding steroid dienone is 2. The van der Waals surface area contributed by atoms with E-state index in [1.165, 1.54) is 18.4 Å².